The Morgan fingerprint density at radius 3 is 2.86 bits per heavy atom. The van der Waals surface area contributed by atoms with Gasteiger partial charge in [0.15, 0.2) is 0 Å². The van der Waals surface area contributed by atoms with Gasteiger partial charge in [-0.2, -0.15) is 0 Å². The average Bonchev–Trinajstić information content (AvgIpc) is 2.87. The van der Waals surface area contributed by atoms with Crippen LogP contribution in [-0.4, -0.2) is 23.9 Å². The van der Waals surface area contributed by atoms with Crippen LogP contribution in [0.5, 0.6) is 0 Å². The summed E-state index contributed by atoms with van der Waals surface area (Å²) in [6.07, 6.45) is 1.75. The second kappa shape index (κ2) is 4.85. The molecule has 1 aliphatic heterocycles. The summed E-state index contributed by atoms with van der Waals surface area (Å²) < 4.78 is 0. The molecule has 1 saturated carbocycles. The van der Waals surface area contributed by atoms with Crippen LogP contribution in [0.15, 0.2) is 41.8 Å². The maximum atomic E-state index is 12.4. The topological polar surface area (TPSA) is 20.3 Å². The number of carbonyl (C=O) groups is 1. The first kappa shape index (κ1) is 13.4. The van der Waals surface area contributed by atoms with Crippen LogP contribution in [0.1, 0.15) is 16.9 Å². The molecule has 1 amide bonds. The van der Waals surface area contributed by atoms with Crippen LogP contribution in [0.3, 0.4) is 0 Å². The number of nitrogens with zero attached hydrogens (tertiary/aromatic N) is 1. The third-order valence-corrected chi connectivity index (χ3v) is 5.95. The summed E-state index contributed by atoms with van der Waals surface area (Å²) in [6, 6.07) is 12.2. The van der Waals surface area contributed by atoms with Crippen molar-refractivity contribution < 1.29 is 4.79 Å². The number of hydrogen-bond donors (Lipinski definition) is 0. The van der Waals surface area contributed by atoms with Gasteiger partial charge in [-0.1, -0.05) is 29.8 Å². The Bertz CT molecular complexity index is 667. The molecule has 4 rings (SSSR count). The zero-order valence-electron chi connectivity index (χ0n) is 11.6. The minimum Gasteiger partial charge on any atom is -0.341 e. The van der Waals surface area contributed by atoms with Crippen molar-refractivity contribution in [2.45, 2.75) is 18.3 Å². The van der Waals surface area contributed by atoms with Gasteiger partial charge in [0.2, 0.25) is 5.91 Å². The molecule has 2 unspecified atom stereocenters. The van der Waals surface area contributed by atoms with Gasteiger partial charge in [-0.15, -0.1) is 11.3 Å². The van der Waals surface area contributed by atoms with Gasteiger partial charge >= 0.3 is 0 Å². The fraction of sp³-hybridized carbons (Fsp3) is 0.353. The first-order valence-corrected chi connectivity index (χ1v) is 8.49. The molecule has 4 heteroatoms. The molecule has 1 aliphatic carbocycles. The average molecular weight is 318 g/mol. The van der Waals surface area contributed by atoms with Crippen molar-refractivity contribution in [3.63, 3.8) is 0 Å². The second-order valence-corrected chi connectivity index (χ2v) is 7.56. The van der Waals surface area contributed by atoms with Gasteiger partial charge in [0.25, 0.3) is 0 Å². The van der Waals surface area contributed by atoms with Crippen LogP contribution < -0.4 is 0 Å². The molecule has 2 heterocycles. The third-order valence-electron chi connectivity index (χ3n) is 4.82. The highest BCUT2D eigenvalue weighted by Crippen LogP contribution is 2.59. The molecule has 0 radical (unpaired) electrons. The molecular weight excluding hydrogens is 302 g/mol. The molecule has 2 fully saturated rings. The van der Waals surface area contributed by atoms with Crippen LogP contribution in [0.25, 0.3) is 0 Å². The fourth-order valence-electron chi connectivity index (χ4n) is 3.58. The van der Waals surface area contributed by atoms with Crippen LogP contribution in [0.2, 0.25) is 5.02 Å². The summed E-state index contributed by atoms with van der Waals surface area (Å²) in [4.78, 5) is 15.6. The van der Waals surface area contributed by atoms with E-state index in [1.165, 1.54) is 12.0 Å². The number of fused-ring (bicyclic) bond motifs is 1. The number of piperidine rings is 1. The molecule has 21 heavy (non-hydrogen) atoms. The van der Waals surface area contributed by atoms with E-state index in [0.29, 0.717) is 12.3 Å². The van der Waals surface area contributed by atoms with E-state index in [1.807, 2.05) is 34.5 Å². The Morgan fingerprint density at radius 2 is 2.14 bits per heavy atom. The van der Waals surface area contributed by atoms with Crippen molar-refractivity contribution >= 4 is 28.8 Å². The highest BCUT2D eigenvalue weighted by molar-refractivity contribution is 7.10. The lowest BCUT2D eigenvalue weighted by Gasteiger charge is -2.21. The van der Waals surface area contributed by atoms with Crippen molar-refractivity contribution in [1.29, 1.82) is 0 Å². The van der Waals surface area contributed by atoms with Gasteiger partial charge in [-0.3, -0.25) is 4.79 Å². The number of rotatable bonds is 3. The Labute approximate surface area is 133 Å². The molecule has 1 aromatic heterocycles. The molecule has 2 nitrogen and oxygen atoms in total. The monoisotopic (exact) mass is 317 g/mol. The lowest BCUT2D eigenvalue weighted by molar-refractivity contribution is -0.129. The van der Waals surface area contributed by atoms with Crippen molar-refractivity contribution in [1.82, 2.24) is 4.90 Å². The van der Waals surface area contributed by atoms with Crippen molar-refractivity contribution in [3.8, 4) is 0 Å². The van der Waals surface area contributed by atoms with Crippen LogP contribution >= 0.6 is 22.9 Å². The van der Waals surface area contributed by atoms with Gasteiger partial charge in [0, 0.05) is 28.4 Å². The Kier molecular flexibility index (Phi) is 3.09. The van der Waals surface area contributed by atoms with E-state index in [0.717, 1.165) is 23.0 Å². The van der Waals surface area contributed by atoms with Gasteiger partial charge in [0.05, 0.1) is 6.42 Å². The maximum absolute atomic E-state index is 12.4. The molecule has 2 atom stereocenters. The van der Waals surface area contributed by atoms with E-state index in [-0.39, 0.29) is 11.3 Å². The normalized spacial score (nSPS) is 26.7. The number of thiophene rings is 1. The van der Waals surface area contributed by atoms with Gasteiger partial charge < -0.3 is 4.90 Å². The predicted molar refractivity (Wildman–Crippen MR) is 85.8 cm³/mol. The Morgan fingerprint density at radius 1 is 1.33 bits per heavy atom. The highest BCUT2D eigenvalue weighted by Gasteiger charge is 2.61. The van der Waals surface area contributed by atoms with E-state index in [9.17, 15) is 4.79 Å². The zero-order chi connectivity index (χ0) is 14.4. The van der Waals surface area contributed by atoms with Crippen molar-refractivity contribution in [3.05, 3.63) is 57.2 Å². The summed E-state index contributed by atoms with van der Waals surface area (Å²) >= 11 is 7.63. The highest BCUT2D eigenvalue weighted by atomic mass is 35.5. The van der Waals surface area contributed by atoms with E-state index in [4.69, 9.17) is 11.6 Å². The molecule has 1 saturated heterocycles. The number of halogens is 1. The molecule has 2 aromatic rings. The lowest BCUT2D eigenvalue weighted by atomic mass is 9.95. The smallest absolute Gasteiger partial charge is 0.227 e. The van der Waals surface area contributed by atoms with Gasteiger partial charge in [0.1, 0.15) is 0 Å². The SMILES string of the molecule is O=C(Cc1cccs1)N1CC2CC2(c2ccc(Cl)cc2)C1. The Balaban J connectivity index is 1.48. The molecule has 0 N–H and O–H groups in total. The first-order chi connectivity index (χ1) is 10.2. The van der Waals surface area contributed by atoms with Crippen LogP contribution in [-0.2, 0) is 16.6 Å². The van der Waals surface area contributed by atoms with Crippen molar-refractivity contribution in [2.75, 3.05) is 13.1 Å². The summed E-state index contributed by atoms with van der Waals surface area (Å²) in [5.74, 6) is 0.893. The van der Waals surface area contributed by atoms with Crippen LogP contribution in [0, 0.1) is 5.92 Å². The molecule has 0 spiro atoms. The number of benzene rings is 1. The largest absolute Gasteiger partial charge is 0.341 e. The number of hydrogen-bond acceptors (Lipinski definition) is 2. The first-order valence-electron chi connectivity index (χ1n) is 7.24. The third kappa shape index (κ3) is 2.29. The van der Waals surface area contributed by atoms with E-state index < -0.39 is 0 Å². The number of likely N-dealkylation sites (tertiary alicyclic amines) is 1. The van der Waals surface area contributed by atoms with Crippen molar-refractivity contribution in [2.24, 2.45) is 5.92 Å². The van der Waals surface area contributed by atoms with E-state index >= 15 is 0 Å². The molecule has 108 valence electrons. The number of carbonyl (C=O) groups excluding carboxylic acids is 1. The van der Waals surface area contributed by atoms with Crippen LogP contribution in [0.4, 0.5) is 0 Å². The predicted octanol–water partition coefficient (Wildman–Crippen LogP) is 3.74. The minimum absolute atomic E-state index is 0.204. The summed E-state index contributed by atoms with van der Waals surface area (Å²) in [7, 11) is 0. The van der Waals surface area contributed by atoms with E-state index in [2.05, 4.69) is 12.1 Å². The fourth-order valence-corrected chi connectivity index (χ4v) is 4.40. The Hall–Kier alpha value is -1.32. The maximum Gasteiger partial charge on any atom is 0.227 e. The molecule has 0 bridgehead atoms. The van der Waals surface area contributed by atoms with E-state index in [1.54, 1.807) is 11.3 Å². The lowest BCUT2D eigenvalue weighted by Crippen LogP contribution is -2.33. The summed E-state index contributed by atoms with van der Waals surface area (Å²) in [5.41, 5.74) is 1.54. The zero-order valence-corrected chi connectivity index (χ0v) is 13.2. The summed E-state index contributed by atoms with van der Waals surface area (Å²) in [6.45, 7) is 1.77. The molecular formula is C17H16ClNOS. The van der Waals surface area contributed by atoms with Gasteiger partial charge in [-0.05, 0) is 41.5 Å². The minimum atomic E-state index is 0.204. The number of amides is 1. The second-order valence-electron chi connectivity index (χ2n) is 6.09. The summed E-state index contributed by atoms with van der Waals surface area (Å²) in [5, 5.41) is 2.80. The molecule has 1 aromatic carbocycles. The quantitative estimate of drug-likeness (QED) is 0.844. The van der Waals surface area contributed by atoms with Gasteiger partial charge in [-0.25, -0.2) is 0 Å². The standard InChI is InChI=1S/C17H16ClNOS/c18-14-5-3-12(4-6-14)17-9-13(17)10-19(11-17)16(20)8-15-2-1-7-21-15/h1-7,13H,8-11H2. The molecule has 2 aliphatic rings.